The Morgan fingerprint density at radius 3 is 2.41 bits per heavy atom. The minimum Gasteiger partial charge on any atom is -0.357 e. The average molecular weight is 527 g/mol. The van der Waals surface area contributed by atoms with E-state index >= 15 is 0 Å². The van der Waals surface area contributed by atoms with E-state index in [4.69, 9.17) is 0 Å². The Morgan fingerprint density at radius 1 is 1.10 bits per heavy atom. The SMILES string of the molecule is CCNC(=NCCS(=O)(=O)c1ccccc1)N1CCC(Cc2ccccc2)C1.I. The molecule has 1 unspecified atom stereocenters. The molecule has 5 nitrogen and oxygen atoms in total. The summed E-state index contributed by atoms with van der Waals surface area (Å²) in [5, 5.41) is 3.32. The van der Waals surface area contributed by atoms with Crippen LogP contribution in [0.1, 0.15) is 18.9 Å². The first-order valence-corrected chi connectivity index (χ1v) is 11.6. The summed E-state index contributed by atoms with van der Waals surface area (Å²) in [6.45, 7) is 4.97. The van der Waals surface area contributed by atoms with Crippen LogP contribution in [0.15, 0.2) is 70.6 Å². The van der Waals surface area contributed by atoms with Crippen LogP contribution in [0.5, 0.6) is 0 Å². The summed E-state index contributed by atoms with van der Waals surface area (Å²) in [4.78, 5) is 7.22. The second-order valence-corrected chi connectivity index (χ2v) is 9.27. The molecule has 158 valence electrons. The van der Waals surface area contributed by atoms with Crippen LogP contribution in [0, 0.1) is 5.92 Å². The van der Waals surface area contributed by atoms with Crippen LogP contribution in [-0.2, 0) is 16.3 Å². The molecular weight excluding hydrogens is 497 g/mol. The molecule has 1 aliphatic rings. The van der Waals surface area contributed by atoms with Crippen molar-refractivity contribution in [2.45, 2.75) is 24.7 Å². The Labute approximate surface area is 191 Å². The molecule has 1 saturated heterocycles. The lowest BCUT2D eigenvalue weighted by Gasteiger charge is -2.21. The summed E-state index contributed by atoms with van der Waals surface area (Å²) in [5.41, 5.74) is 1.37. The average Bonchev–Trinajstić information content (AvgIpc) is 3.17. The fourth-order valence-corrected chi connectivity index (χ4v) is 4.72. The van der Waals surface area contributed by atoms with Gasteiger partial charge in [-0.05, 0) is 43.4 Å². The van der Waals surface area contributed by atoms with Crippen molar-refractivity contribution in [1.82, 2.24) is 10.2 Å². The molecule has 0 amide bonds. The van der Waals surface area contributed by atoms with E-state index in [0.717, 1.165) is 38.4 Å². The fourth-order valence-electron chi connectivity index (χ4n) is 3.58. The van der Waals surface area contributed by atoms with E-state index in [1.807, 2.05) is 19.1 Å². The zero-order valence-corrected chi connectivity index (χ0v) is 20.0. The number of hydrogen-bond acceptors (Lipinski definition) is 3. The zero-order valence-electron chi connectivity index (χ0n) is 16.8. The zero-order chi connectivity index (χ0) is 19.8. The van der Waals surface area contributed by atoms with Crippen molar-refractivity contribution in [3.05, 3.63) is 66.2 Å². The van der Waals surface area contributed by atoms with Crippen molar-refractivity contribution < 1.29 is 8.42 Å². The summed E-state index contributed by atoms with van der Waals surface area (Å²) in [5.74, 6) is 1.44. The van der Waals surface area contributed by atoms with Gasteiger partial charge in [0.15, 0.2) is 15.8 Å². The van der Waals surface area contributed by atoms with Gasteiger partial charge in [0, 0.05) is 19.6 Å². The maximum Gasteiger partial charge on any atom is 0.193 e. The summed E-state index contributed by atoms with van der Waals surface area (Å²) < 4.78 is 24.9. The molecule has 2 aromatic rings. The molecule has 1 heterocycles. The third-order valence-corrected chi connectivity index (χ3v) is 6.72. The number of aliphatic imine (C=N–C) groups is 1. The van der Waals surface area contributed by atoms with E-state index in [0.29, 0.717) is 10.8 Å². The van der Waals surface area contributed by atoms with E-state index in [9.17, 15) is 8.42 Å². The number of nitrogens with zero attached hydrogens (tertiary/aromatic N) is 2. The van der Waals surface area contributed by atoms with Crippen molar-refractivity contribution in [2.24, 2.45) is 10.9 Å². The summed E-state index contributed by atoms with van der Waals surface area (Å²) in [6, 6.07) is 19.2. The standard InChI is InChI=1S/C22H29N3O2S.HI/c1-2-23-22(24-14-16-28(26,27)21-11-7-4-8-12-21)25-15-13-20(18-25)17-19-9-5-3-6-10-19;/h3-12,20H,2,13-18H2,1H3,(H,23,24);1H. The summed E-state index contributed by atoms with van der Waals surface area (Å²) in [7, 11) is -3.30. The predicted octanol–water partition coefficient (Wildman–Crippen LogP) is 3.61. The van der Waals surface area contributed by atoms with Gasteiger partial charge >= 0.3 is 0 Å². The third kappa shape index (κ3) is 6.99. The van der Waals surface area contributed by atoms with Gasteiger partial charge in [0.2, 0.25) is 0 Å². The van der Waals surface area contributed by atoms with Gasteiger partial charge in [0.1, 0.15) is 0 Å². The Morgan fingerprint density at radius 2 is 1.76 bits per heavy atom. The number of rotatable bonds is 7. The van der Waals surface area contributed by atoms with Crippen LogP contribution in [0.2, 0.25) is 0 Å². The van der Waals surface area contributed by atoms with Gasteiger partial charge in [0.25, 0.3) is 0 Å². The number of halogens is 1. The molecule has 0 aliphatic carbocycles. The first kappa shape index (κ1) is 23.7. The van der Waals surface area contributed by atoms with Crippen LogP contribution < -0.4 is 5.32 Å². The smallest absolute Gasteiger partial charge is 0.193 e. The molecule has 0 bridgehead atoms. The Hall–Kier alpha value is -1.61. The van der Waals surface area contributed by atoms with E-state index in [1.54, 1.807) is 24.3 Å². The first-order chi connectivity index (χ1) is 13.6. The van der Waals surface area contributed by atoms with Gasteiger partial charge in [-0.2, -0.15) is 0 Å². The topological polar surface area (TPSA) is 61.8 Å². The normalized spacial score (nSPS) is 17.1. The molecule has 0 aromatic heterocycles. The minimum absolute atomic E-state index is 0. The number of nitrogens with one attached hydrogen (secondary N) is 1. The highest BCUT2D eigenvalue weighted by molar-refractivity contribution is 14.0. The van der Waals surface area contributed by atoms with Crippen molar-refractivity contribution in [1.29, 1.82) is 0 Å². The third-order valence-electron chi connectivity index (χ3n) is 5.01. The van der Waals surface area contributed by atoms with Gasteiger partial charge in [-0.3, -0.25) is 4.99 Å². The highest BCUT2D eigenvalue weighted by Crippen LogP contribution is 2.21. The van der Waals surface area contributed by atoms with Gasteiger partial charge in [0.05, 0.1) is 17.2 Å². The highest BCUT2D eigenvalue weighted by Gasteiger charge is 2.25. The molecular formula is C22H30IN3O2S. The second kappa shape index (κ2) is 11.5. The van der Waals surface area contributed by atoms with E-state index in [1.165, 1.54) is 5.56 Å². The fraction of sp³-hybridized carbons (Fsp3) is 0.409. The lowest BCUT2D eigenvalue weighted by Crippen LogP contribution is -2.40. The number of likely N-dealkylation sites (tertiary alicyclic amines) is 1. The van der Waals surface area contributed by atoms with Crippen LogP contribution in [0.4, 0.5) is 0 Å². The van der Waals surface area contributed by atoms with Crippen LogP contribution in [-0.4, -0.2) is 51.2 Å². The van der Waals surface area contributed by atoms with Gasteiger partial charge in [-0.1, -0.05) is 48.5 Å². The van der Waals surface area contributed by atoms with E-state index in [-0.39, 0.29) is 36.3 Å². The summed E-state index contributed by atoms with van der Waals surface area (Å²) >= 11 is 0. The van der Waals surface area contributed by atoms with Gasteiger partial charge in [-0.15, -0.1) is 24.0 Å². The minimum atomic E-state index is -3.30. The molecule has 7 heteroatoms. The molecule has 0 radical (unpaired) electrons. The predicted molar refractivity (Wildman–Crippen MR) is 130 cm³/mol. The number of sulfone groups is 1. The number of benzene rings is 2. The van der Waals surface area contributed by atoms with Crippen molar-refractivity contribution >= 4 is 39.8 Å². The molecule has 29 heavy (non-hydrogen) atoms. The molecule has 1 N–H and O–H groups in total. The lowest BCUT2D eigenvalue weighted by molar-refractivity contribution is 0.460. The van der Waals surface area contributed by atoms with Crippen molar-refractivity contribution in [3.63, 3.8) is 0 Å². The Bertz CT molecular complexity index is 873. The molecule has 2 aromatic carbocycles. The van der Waals surface area contributed by atoms with E-state index in [2.05, 4.69) is 39.5 Å². The Kier molecular flexibility index (Phi) is 9.42. The van der Waals surface area contributed by atoms with Crippen LogP contribution >= 0.6 is 24.0 Å². The highest BCUT2D eigenvalue weighted by atomic mass is 127. The molecule has 1 atom stereocenters. The maximum atomic E-state index is 12.4. The maximum absolute atomic E-state index is 12.4. The van der Waals surface area contributed by atoms with Crippen LogP contribution in [0.3, 0.4) is 0 Å². The molecule has 0 saturated carbocycles. The quantitative estimate of drug-likeness (QED) is 0.340. The molecule has 1 fully saturated rings. The van der Waals surface area contributed by atoms with E-state index < -0.39 is 9.84 Å². The number of hydrogen-bond donors (Lipinski definition) is 1. The molecule has 1 aliphatic heterocycles. The summed E-state index contributed by atoms with van der Waals surface area (Å²) in [6.07, 6.45) is 2.20. The number of guanidine groups is 1. The lowest BCUT2D eigenvalue weighted by atomic mass is 9.99. The van der Waals surface area contributed by atoms with Crippen LogP contribution in [0.25, 0.3) is 0 Å². The molecule has 3 rings (SSSR count). The first-order valence-electron chi connectivity index (χ1n) is 9.93. The van der Waals surface area contributed by atoms with Crippen molar-refractivity contribution in [2.75, 3.05) is 31.9 Å². The molecule has 0 spiro atoms. The second-order valence-electron chi connectivity index (χ2n) is 7.16. The van der Waals surface area contributed by atoms with Crippen molar-refractivity contribution in [3.8, 4) is 0 Å². The van der Waals surface area contributed by atoms with Gasteiger partial charge in [-0.25, -0.2) is 8.42 Å². The Balaban J connectivity index is 0.00000300. The largest absolute Gasteiger partial charge is 0.357 e. The van der Waals surface area contributed by atoms with Gasteiger partial charge < -0.3 is 10.2 Å². The monoisotopic (exact) mass is 527 g/mol.